The van der Waals surface area contributed by atoms with Gasteiger partial charge in [-0.2, -0.15) is 0 Å². The summed E-state index contributed by atoms with van der Waals surface area (Å²) in [6, 6.07) is 0.944. The van der Waals surface area contributed by atoms with Crippen molar-refractivity contribution >= 4 is 0 Å². The molecule has 3 saturated carbocycles. The summed E-state index contributed by atoms with van der Waals surface area (Å²) in [5.41, 5.74) is 6.52. The first-order valence-electron chi connectivity index (χ1n) is 8.42. The lowest BCUT2D eigenvalue weighted by Gasteiger charge is -2.31. The minimum absolute atomic E-state index is 0.319. The minimum Gasteiger partial charge on any atom is -0.327 e. The van der Waals surface area contributed by atoms with Crippen LogP contribution in [0.2, 0.25) is 0 Å². The van der Waals surface area contributed by atoms with E-state index in [2.05, 4.69) is 21.7 Å². The van der Waals surface area contributed by atoms with E-state index in [4.69, 9.17) is 5.73 Å². The Hall–Kier alpha value is -0.900. The van der Waals surface area contributed by atoms with Crippen LogP contribution in [-0.4, -0.2) is 20.8 Å². The van der Waals surface area contributed by atoms with Crippen LogP contribution < -0.4 is 5.73 Å². The number of nitrogens with two attached hydrogens (primary N) is 1. The van der Waals surface area contributed by atoms with Crippen LogP contribution >= 0.6 is 0 Å². The molecule has 0 spiro atoms. The van der Waals surface area contributed by atoms with E-state index in [1.165, 1.54) is 57.2 Å². The van der Waals surface area contributed by atoms with Gasteiger partial charge in [0.2, 0.25) is 0 Å². The van der Waals surface area contributed by atoms with Crippen LogP contribution in [0.4, 0.5) is 0 Å². The van der Waals surface area contributed by atoms with E-state index < -0.39 is 0 Å². The number of aryl methyl sites for hydroxylation is 1. The molecule has 20 heavy (non-hydrogen) atoms. The van der Waals surface area contributed by atoms with Gasteiger partial charge >= 0.3 is 0 Å². The van der Waals surface area contributed by atoms with Gasteiger partial charge in [-0.05, 0) is 50.9 Å². The molecule has 0 radical (unpaired) electrons. The van der Waals surface area contributed by atoms with E-state index in [0.29, 0.717) is 18.0 Å². The average molecular weight is 274 g/mol. The quantitative estimate of drug-likeness (QED) is 0.902. The zero-order valence-electron chi connectivity index (χ0n) is 12.5. The number of hydrogen-bond acceptors (Lipinski definition) is 3. The molecule has 4 rings (SSSR count). The van der Waals surface area contributed by atoms with Crippen LogP contribution in [0.3, 0.4) is 0 Å². The lowest BCUT2D eigenvalue weighted by Crippen LogP contribution is -2.36. The lowest BCUT2D eigenvalue weighted by molar-refractivity contribution is 0.303. The van der Waals surface area contributed by atoms with Gasteiger partial charge < -0.3 is 10.3 Å². The molecule has 1 aromatic rings. The van der Waals surface area contributed by atoms with E-state index in [9.17, 15) is 0 Å². The summed E-state index contributed by atoms with van der Waals surface area (Å²) in [5.74, 6) is 4.29. The molecule has 0 amide bonds. The van der Waals surface area contributed by atoms with Gasteiger partial charge in [-0.1, -0.05) is 19.3 Å². The highest BCUT2D eigenvalue weighted by Gasteiger charge is 2.48. The minimum atomic E-state index is 0.319. The summed E-state index contributed by atoms with van der Waals surface area (Å²) in [5, 5.41) is 8.99. The molecule has 3 fully saturated rings. The summed E-state index contributed by atoms with van der Waals surface area (Å²) in [7, 11) is 0. The predicted octanol–water partition coefficient (Wildman–Crippen LogP) is 2.93. The molecule has 2 bridgehead atoms. The number of nitrogens with zero attached hydrogens (tertiary/aromatic N) is 3. The maximum atomic E-state index is 6.52. The zero-order valence-corrected chi connectivity index (χ0v) is 12.5. The van der Waals surface area contributed by atoms with Gasteiger partial charge in [0.1, 0.15) is 11.6 Å². The largest absolute Gasteiger partial charge is 0.327 e. The van der Waals surface area contributed by atoms with E-state index in [0.717, 1.165) is 17.7 Å². The predicted molar refractivity (Wildman–Crippen MR) is 78.4 cm³/mol. The van der Waals surface area contributed by atoms with Gasteiger partial charge in [0.15, 0.2) is 0 Å². The maximum Gasteiger partial charge on any atom is 0.138 e. The molecule has 0 aromatic carbocycles. The monoisotopic (exact) mass is 274 g/mol. The molecule has 1 heterocycles. The fourth-order valence-corrected chi connectivity index (χ4v) is 5.12. The highest BCUT2D eigenvalue weighted by Crippen LogP contribution is 2.52. The molecule has 3 aliphatic carbocycles. The Morgan fingerprint density at radius 2 is 1.75 bits per heavy atom. The third-order valence-electron chi connectivity index (χ3n) is 6.11. The van der Waals surface area contributed by atoms with Crippen molar-refractivity contribution in [3.05, 3.63) is 11.6 Å². The SMILES string of the molecule is Cc1nnc(C2C3CCC(C3)C2N)n1C1CCCCC1. The Morgan fingerprint density at radius 3 is 2.45 bits per heavy atom. The van der Waals surface area contributed by atoms with Crippen molar-refractivity contribution < 1.29 is 0 Å². The van der Waals surface area contributed by atoms with E-state index in [1.807, 2.05) is 0 Å². The summed E-state index contributed by atoms with van der Waals surface area (Å²) >= 11 is 0. The van der Waals surface area contributed by atoms with Crippen molar-refractivity contribution in [2.24, 2.45) is 17.6 Å². The third-order valence-corrected chi connectivity index (χ3v) is 6.11. The Balaban J connectivity index is 1.68. The molecule has 4 atom stereocenters. The highest BCUT2D eigenvalue weighted by atomic mass is 15.3. The summed E-state index contributed by atoms with van der Waals surface area (Å²) < 4.78 is 2.46. The Labute approximate surface area is 121 Å². The van der Waals surface area contributed by atoms with Crippen molar-refractivity contribution in [1.29, 1.82) is 0 Å². The Morgan fingerprint density at radius 1 is 1.00 bits per heavy atom. The third kappa shape index (κ3) is 1.84. The number of fused-ring (bicyclic) bond motifs is 2. The van der Waals surface area contributed by atoms with Gasteiger partial charge in [-0.25, -0.2) is 0 Å². The molecular formula is C16H26N4. The molecule has 110 valence electrons. The first-order valence-corrected chi connectivity index (χ1v) is 8.42. The second-order valence-electron chi connectivity index (χ2n) is 7.20. The summed E-state index contributed by atoms with van der Waals surface area (Å²) in [4.78, 5) is 0. The maximum absolute atomic E-state index is 6.52. The Kier molecular flexibility index (Phi) is 3.09. The van der Waals surface area contributed by atoms with E-state index in [-0.39, 0.29) is 0 Å². The fraction of sp³-hybridized carbons (Fsp3) is 0.875. The fourth-order valence-electron chi connectivity index (χ4n) is 5.12. The molecule has 2 N–H and O–H groups in total. The number of hydrogen-bond donors (Lipinski definition) is 1. The summed E-state index contributed by atoms with van der Waals surface area (Å²) in [6.45, 7) is 2.11. The molecule has 4 heteroatoms. The molecule has 0 aliphatic heterocycles. The average Bonchev–Trinajstić information content (AvgIpc) is 3.14. The number of aromatic nitrogens is 3. The zero-order chi connectivity index (χ0) is 13.7. The number of rotatable bonds is 2. The van der Waals surface area contributed by atoms with E-state index in [1.54, 1.807) is 0 Å². The van der Waals surface area contributed by atoms with Gasteiger partial charge in [-0.3, -0.25) is 0 Å². The summed E-state index contributed by atoms with van der Waals surface area (Å²) in [6.07, 6.45) is 10.7. The van der Waals surface area contributed by atoms with Crippen molar-refractivity contribution in [1.82, 2.24) is 14.8 Å². The first kappa shape index (κ1) is 12.8. The van der Waals surface area contributed by atoms with Crippen LogP contribution in [0, 0.1) is 18.8 Å². The molecular weight excluding hydrogens is 248 g/mol. The van der Waals surface area contributed by atoms with Gasteiger partial charge in [0.05, 0.1) is 0 Å². The van der Waals surface area contributed by atoms with Crippen LogP contribution in [0.1, 0.15) is 75.0 Å². The standard InChI is InChI=1S/C16H26N4/c1-10-18-19-16(20(10)13-5-3-2-4-6-13)14-11-7-8-12(9-11)15(14)17/h11-15H,2-9,17H2,1H3. The van der Waals surface area contributed by atoms with Crippen molar-refractivity contribution in [3.8, 4) is 0 Å². The topological polar surface area (TPSA) is 56.7 Å². The van der Waals surface area contributed by atoms with Gasteiger partial charge in [-0.15, -0.1) is 10.2 Å². The van der Waals surface area contributed by atoms with Crippen LogP contribution in [0.15, 0.2) is 0 Å². The molecule has 1 aromatic heterocycles. The smallest absolute Gasteiger partial charge is 0.138 e. The first-order chi connectivity index (χ1) is 9.75. The van der Waals surface area contributed by atoms with Crippen molar-refractivity contribution in [2.45, 2.75) is 76.3 Å². The normalized spacial score (nSPS) is 37.7. The van der Waals surface area contributed by atoms with Crippen LogP contribution in [0.5, 0.6) is 0 Å². The molecule has 4 nitrogen and oxygen atoms in total. The van der Waals surface area contributed by atoms with Gasteiger partial charge in [0, 0.05) is 18.0 Å². The molecule has 3 aliphatic rings. The van der Waals surface area contributed by atoms with Crippen LogP contribution in [-0.2, 0) is 0 Å². The lowest BCUT2D eigenvalue weighted by atomic mass is 9.84. The van der Waals surface area contributed by atoms with E-state index >= 15 is 0 Å². The molecule has 4 unspecified atom stereocenters. The van der Waals surface area contributed by atoms with Gasteiger partial charge in [0.25, 0.3) is 0 Å². The second kappa shape index (κ2) is 4.83. The Bertz CT molecular complexity index is 487. The van der Waals surface area contributed by atoms with Crippen molar-refractivity contribution in [2.75, 3.05) is 0 Å². The second-order valence-corrected chi connectivity index (χ2v) is 7.20. The molecule has 0 saturated heterocycles. The highest BCUT2D eigenvalue weighted by molar-refractivity contribution is 5.16. The van der Waals surface area contributed by atoms with Crippen molar-refractivity contribution in [3.63, 3.8) is 0 Å². The van der Waals surface area contributed by atoms with Crippen LogP contribution in [0.25, 0.3) is 0 Å².